The summed E-state index contributed by atoms with van der Waals surface area (Å²) < 4.78 is 0. The van der Waals surface area contributed by atoms with E-state index in [4.69, 9.17) is 0 Å². The highest BCUT2D eigenvalue weighted by Gasteiger charge is 2.18. The number of piperidine rings is 1. The molecule has 0 unspecified atom stereocenters. The summed E-state index contributed by atoms with van der Waals surface area (Å²) in [6, 6.07) is 15.3. The maximum atomic E-state index is 12.2. The van der Waals surface area contributed by atoms with Gasteiger partial charge in [0.25, 0.3) is 5.91 Å². The molecule has 3 rings (SSSR count). The maximum Gasteiger partial charge on any atom is 0.290 e. The molecule has 2 heterocycles. The lowest BCUT2D eigenvalue weighted by molar-refractivity contribution is -0.114. The minimum absolute atomic E-state index is 0.209. The van der Waals surface area contributed by atoms with Crippen molar-refractivity contribution in [2.75, 3.05) is 18.4 Å². The van der Waals surface area contributed by atoms with Gasteiger partial charge in [0.2, 0.25) is 5.91 Å². The molecule has 1 fully saturated rings. The van der Waals surface area contributed by atoms with Crippen LogP contribution in [-0.2, 0) is 11.3 Å². The zero-order valence-corrected chi connectivity index (χ0v) is 16.0. The van der Waals surface area contributed by atoms with Crippen LogP contribution in [0.2, 0.25) is 0 Å². The fraction of sp³-hybridized carbons (Fsp3) is 0.333. The van der Waals surface area contributed by atoms with Crippen LogP contribution < -0.4 is 10.7 Å². The van der Waals surface area contributed by atoms with Crippen LogP contribution >= 0.6 is 0 Å². The number of hydrazone groups is 1. The van der Waals surface area contributed by atoms with E-state index in [9.17, 15) is 9.59 Å². The van der Waals surface area contributed by atoms with Crippen molar-refractivity contribution < 1.29 is 9.59 Å². The molecule has 1 aliphatic heterocycles. The SMILES string of the molecule is CC(=O)Nc1cccc(C(=O)N/N=C/C2CCN(Cc3ccccc3)CC2)n1. The predicted octanol–water partition coefficient (Wildman–Crippen LogP) is 2.67. The van der Waals surface area contributed by atoms with Gasteiger partial charge in [0.1, 0.15) is 11.5 Å². The van der Waals surface area contributed by atoms with Gasteiger partial charge < -0.3 is 5.32 Å². The van der Waals surface area contributed by atoms with E-state index in [1.54, 1.807) is 18.2 Å². The molecule has 0 aliphatic carbocycles. The van der Waals surface area contributed by atoms with E-state index in [0.29, 0.717) is 11.7 Å². The summed E-state index contributed by atoms with van der Waals surface area (Å²) in [5.74, 6) is 0.0626. The third-order valence-electron chi connectivity index (χ3n) is 4.62. The van der Waals surface area contributed by atoms with Crippen LogP contribution in [0.25, 0.3) is 0 Å². The third-order valence-corrected chi connectivity index (χ3v) is 4.62. The fourth-order valence-electron chi connectivity index (χ4n) is 3.17. The molecule has 2 N–H and O–H groups in total. The average molecular weight is 379 g/mol. The van der Waals surface area contributed by atoms with E-state index in [1.807, 2.05) is 12.3 Å². The van der Waals surface area contributed by atoms with Crippen molar-refractivity contribution in [2.24, 2.45) is 11.0 Å². The summed E-state index contributed by atoms with van der Waals surface area (Å²) >= 11 is 0. The fourth-order valence-corrected chi connectivity index (χ4v) is 3.17. The number of anilines is 1. The van der Waals surface area contributed by atoms with Gasteiger partial charge in [-0.3, -0.25) is 14.5 Å². The molecule has 7 heteroatoms. The van der Waals surface area contributed by atoms with E-state index in [0.717, 1.165) is 32.5 Å². The standard InChI is InChI=1S/C21H25N5O2/c1-16(27)23-20-9-5-8-19(24-20)21(28)25-22-14-17-10-12-26(13-11-17)15-18-6-3-2-4-7-18/h2-9,14,17H,10-13,15H2,1H3,(H,25,28)(H,23,24,27)/b22-14+. The molecular weight excluding hydrogens is 354 g/mol. The Hall–Kier alpha value is -3.06. The summed E-state index contributed by atoms with van der Waals surface area (Å²) in [6.07, 6.45) is 3.85. The van der Waals surface area contributed by atoms with Crippen LogP contribution in [0, 0.1) is 5.92 Å². The molecule has 146 valence electrons. The van der Waals surface area contributed by atoms with Gasteiger partial charge in [-0.05, 0) is 49.5 Å². The lowest BCUT2D eigenvalue weighted by Gasteiger charge is -2.30. The Morgan fingerprint density at radius 2 is 1.89 bits per heavy atom. The topological polar surface area (TPSA) is 86.7 Å². The number of nitrogens with one attached hydrogen (secondary N) is 2. The molecule has 0 saturated carbocycles. The normalized spacial score (nSPS) is 15.5. The Morgan fingerprint density at radius 3 is 2.61 bits per heavy atom. The number of hydrogen-bond acceptors (Lipinski definition) is 5. The molecule has 7 nitrogen and oxygen atoms in total. The molecule has 1 saturated heterocycles. The smallest absolute Gasteiger partial charge is 0.290 e. The largest absolute Gasteiger partial charge is 0.311 e. The first-order chi connectivity index (χ1) is 13.6. The minimum Gasteiger partial charge on any atom is -0.311 e. The summed E-state index contributed by atoms with van der Waals surface area (Å²) in [5.41, 5.74) is 4.06. The van der Waals surface area contributed by atoms with Gasteiger partial charge in [-0.15, -0.1) is 0 Å². The molecule has 28 heavy (non-hydrogen) atoms. The van der Waals surface area contributed by atoms with E-state index in [2.05, 4.69) is 50.0 Å². The molecule has 0 radical (unpaired) electrons. The molecule has 0 bridgehead atoms. The number of likely N-dealkylation sites (tertiary alicyclic amines) is 1. The molecule has 1 aromatic heterocycles. The molecular formula is C21H25N5O2. The molecule has 0 spiro atoms. The first-order valence-electron chi connectivity index (χ1n) is 9.44. The van der Waals surface area contributed by atoms with Crippen LogP contribution in [0.5, 0.6) is 0 Å². The highest BCUT2D eigenvalue weighted by molar-refractivity contribution is 5.94. The monoisotopic (exact) mass is 379 g/mol. The quantitative estimate of drug-likeness (QED) is 0.597. The van der Waals surface area contributed by atoms with Crippen LogP contribution in [-0.4, -0.2) is 41.0 Å². The van der Waals surface area contributed by atoms with E-state index in [1.165, 1.54) is 12.5 Å². The maximum absolute atomic E-state index is 12.2. The van der Waals surface area contributed by atoms with Crippen molar-refractivity contribution in [3.63, 3.8) is 0 Å². The predicted molar refractivity (Wildman–Crippen MR) is 109 cm³/mol. The summed E-state index contributed by atoms with van der Waals surface area (Å²) in [7, 11) is 0. The van der Waals surface area contributed by atoms with Gasteiger partial charge >= 0.3 is 0 Å². The van der Waals surface area contributed by atoms with Crippen LogP contribution in [0.3, 0.4) is 0 Å². The highest BCUT2D eigenvalue weighted by Crippen LogP contribution is 2.17. The number of hydrogen-bond donors (Lipinski definition) is 2. The second kappa shape index (κ2) is 9.75. The van der Waals surface area contributed by atoms with Gasteiger partial charge in [-0.25, -0.2) is 10.4 Å². The second-order valence-electron chi connectivity index (χ2n) is 6.91. The van der Waals surface area contributed by atoms with Gasteiger partial charge in [0.05, 0.1) is 0 Å². The number of carbonyl (C=O) groups excluding carboxylic acids is 2. The molecule has 1 aliphatic rings. The van der Waals surface area contributed by atoms with Gasteiger partial charge in [-0.2, -0.15) is 5.10 Å². The Labute approximate surface area is 164 Å². The molecule has 0 atom stereocenters. The number of amides is 2. The number of aromatic nitrogens is 1. The third kappa shape index (κ3) is 5.99. The number of rotatable bonds is 6. The van der Waals surface area contributed by atoms with E-state index in [-0.39, 0.29) is 11.6 Å². The van der Waals surface area contributed by atoms with Gasteiger partial charge in [-0.1, -0.05) is 36.4 Å². The molecule has 1 aromatic carbocycles. The van der Waals surface area contributed by atoms with E-state index < -0.39 is 5.91 Å². The number of nitrogens with zero attached hydrogens (tertiary/aromatic N) is 3. The van der Waals surface area contributed by atoms with Crippen LogP contribution in [0.15, 0.2) is 53.6 Å². The number of carbonyl (C=O) groups is 2. The zero-order valence-electron chi connectivity index (χ0n) is 16.0. The average Bonchev–Trinajstić information content (AvgIpc) is 2.70. The second-order valence-corrected chi connectivity index (χ2v) is 6.91. The van der Waals surface area contributed by atoms with Crippen molar-refractivity contribution in [1.29, 1.82) is 0 Å². The first kappa shape index (κ1) is 19.7. The molecule has 2 amide bonds. The summed E-state index contributed by atoms with van der Waals surface area (Å²) in [4.78, 5) is 29.8. The van der Waals surface area contributed by atoms with E-state index >= 15 is 0 Å². The Bertz CT molecular complexity index is 830. The Kier molecular flexibility index (Phi) is 6.86. The van der Waals surface area contributed by atoms with Gasteiger partial charge in [0.15, 0.2) is 0 Å². The van der Waals surface area contributed by atoms with Crippen LogP contribution in [0.1, 0.15) is 35.8 Å². The van der Waals surface area contributed by atoms with Crippen molar-refractivity contribution in [3.05, 3.63) is 59.8 Å². The lowest BCUT2D eigenvalue weighted by atomic mass is 9.98. The highest BCUT2D eigenvalue weighted by atomic mass is 16.2. The lowest BCUT2D eigenvalue weighted by Crippen LogP contribution is -2.34. The van der Waals surface area contributed by atoms with Crippen molar-refractivity contribution in [1.82, 2.24) is 15.3 Å². The van der Waals surface area contributed by atoms with Crippen molar-refractivity contribution in [3.8, 4) is 0 Å². The number of benzene rings is 1. The Balaban J connectivity index is 1.44. The van der Waals surface area contributed by atoms with Crippen molar-refractivity contribution >= 4 is 23.8 Å². The van der Waals surface area contributed by atoms with Crippen molar-refractivity contribution in [2.45, 2.75) is 26.3 Å². The summed E-state index contributed by atoms with van der Waals surface area (Å²) in [5, 5.41) is 6.66. The Morgan fingerprint density at radius 1 is 1.14 bits per heavy atom. The minimum atomic E-state index is -0.398. The van der Waals surface area contributed by atoms with Gasteiger partial charge in [0, 0.05) is 19.7 Å². The number of pyridine rings is 1. The zero-order chi connectivity index (χ0) is 19.8. The first-order valence-corrected chi connectivity index (χ1v) is 9.44. The van der Waals surface area contributed by atoms with Crippen LogP contribution in [0.4, 0.5) is 5.82 Å². The molecule has 2 aromatic rings. The summed E-state index contributed by atoms with van der Waals surface area (Å²) in [6.45, 7) is 4.39.